The Morgan fingerprint density at radius 1 is 1.00 bits per heavy atom. The number of ether oxygens (including phenoxy) is 4. The summed E-state index contributed by atoms with van der Waals surface area (Å²) in [5, 5.41) is 3.03. The van der Waals surface area contributed by atoms with Crippen LogP contribution in [0.2, 0.25) is 18.1 Å². The van der Waals surface area contributed by atoms with Gasteiger partial charge in [-0.1, -0.05) is 51.1 Å². The van der Waals surface area contributed by atoms with Gasteiger partial charge in [0.05, 0.1) is 18.8 Å². The van der Waals surface area contributed by atoms with Gasteiger partial charge in [-0.05, 0) is 58.3 Å². The highest BCUT2D eigenvalue weighted by Crippen LogP contribution is 2.45. The van der Waals surface area contributed by atoms with Crippen LogP contribution in [0.4, 0.5) is 4.79 Å². The maximum Gasteiger partial charge on any atom is 0.408 e. The number of hydrogen-bond acceptors (Lipinski definition) is 6. The minimum absolute atomic E-state index is 0.0217. The molecule has 7 nitrogen and oxygen atoms in total. The van der Waals surface area contributed by atoms with Crippen LogP contribution in [0, 0.1) is 0 Å². The topological polar surface area (TPSA) is 75.3 Å². The van der Waals surface area contributed by atoms with Gasteiger partial charge in [0, 0.05) is 0 Å². The summed E-state index contributed by atoms with van der Waals surface area (Å²) < 4.78 is 31.6. The molecule has 1 N–H and O–H groups in total. The van der Waals surface area contributed by atoms with E-state index in [1.54, 1.807) is 0 Å². The van der Waals surface area contributed by atoms with Crippen molar-refractivity contribution in [2.45, 2.75) is 122 Å². The fraction of sp³-hybridized carbons (Fsp3) is 0.731. The molecule has 8 heteroatoms. The van der Waals surface area contributed by atoms with Crippen molar-refractivity contribution in [1.29, 1.82) is 0 Å². The van der Waals surface area contributed by atoms with Gasteiger partial charge in [-0.2, -0.15) is 0 Å². The lowest BCUT2D eigenvalue weighted by Gasteiger charge is -2.42. The second-order valence-corrected chi connectivity index (χ2v) is 17.1. The number of carbonyl (C=O) groups excluding carboxylic acids is 1. The van der Waals surface area contributed by atoms with E-state index in [-0.39, 0.29) is 11.1 Å². The zero-order valence-electron chi connectivity index (χ0n) is 22.4. The van der Waals surface area contributed by atoms with E-state index >= 15 is 0 Å². The molecule has 34 heavy (non-hydrogen) atoms. The summed E-state index contributed by atoms with van der Waals surface area (Å²) in [6.07, 6.45) is -2.16. The Morgan fingerprint density at radius 3 is 2.15 bits per heavy atom. The third kappa shape index (κ3) is 6.40. The molecule has 0 bridgehead atoms. The Balaban J connectivity index is 1.93. The Bertz CT molecular complexity index is 845. The van der Waals surface area contributed by atoms with Crippen LogP contribution in [0.5, 0.6) is 0 Å². The highest BCUT2D eigenvalue weighted by molar-refractivity contribution is 6.74. The van der Waals surface area contributed by atoms with Gasteiger partial charge in [-0.15, -0.1) is 0 Å². The SMILES string of the molecule is CC(C)(C)OC(=O)N[C@H]1[C@H]2OC(C)(C)O[C@H]2[C@H](OCc2ccccc2)[C@H]1O[Si](C)(C)C(C)(C)C. The van der Waals surface area contributed by atoms with Crippen LogP contribution in [-0.2, 0) is 30.0 Å². The van der Waals surface area contributed by atoms with Gasteiger partial charge in [0.2, 0.25) is 0 Å². The monoisotopic (exact) mass is 493 g/mol. The van der Waals surface area contributed by atoms with E-state index in [1.807, 2.05) is 65.0 Å². The minimum atomic E-state index is -2.23. The van der Waals surface area contributed by atoms with Crippen LogP contribution in [0.3, 0.4) is 0 Å². The van der Waals surface area contributed by atoms with Crippen LogP contribution in [0.25, 0.3) is 0 Å². The summed E-state index contributed by atoms with van der Waals surface area (Å²) in [5.74, 6) is -0.792. The lowest BCUT2D eigenvalue weighted by molar-refractivity contribution is -0.183. The van der Waals surface area contributed by atoms with E-state index in [0.717, 1.165) is 5.56 Å². The largest absolute Gasteiger partial charge is 0.444 e. The summed E-state index contributed by atoms with van der Waals surface area (Å²) >= 11 is 0. The number of amides is 1. The standard InChI is InChI=1S/C26H43NO6Si/c1-24(2,3)32-23(28)27-18-19-22(31-26(7,8)30-19)21(29-16-17-14-12-11-13-15-17)20(18)33-34(9,10)25(4,5)6/h11-15,18-22H,16H2,1-10H3,(H,27,28)/t18-,19+,20-,21+,22+/m0/s1. The van der Waals surface area contributed by atoms with Crippen molar-refractivity contribution in [3.05, 3.63) is 35.9 Å². The maximum absolute atomic E-state index is 12.8. The highest BCUT2D eigenvalue weighted by atomic mass is 28.4. The Hall–Kier alpha value is -1.45. The first kappa shape index (κ1) is 27.1. The van der Waals surface area contributed by atoms with Gasteiger partial charge in [0.15, 0.2) is 14.1 Å². The predicted octanol–water partition coefficient (Wildman–Crippen LogP) is 5.39. The van der Waals surface area contributed by atoms with Gasteiger partial charge >= 0.3 is 6.09 Å². The molecular weight excluding hydrogens is 450 g/mol. The third-order valence-corrected chi connectivity index (χ3v) is 11.2. The highest BCUT2D eigenvalue weighted by Gasteiger charge is 2.62. The molecule has 0 radical (unpaired) electrons. The number of fused-ring (bicyclic) bond motifs is 1. The van der Waals surface area contributed by atoms with Crippen molar-refractivity contribution >= 4 is 14.4 Å². The van der Waals surface area contributed by atoms with Crippen molar-refractivity contribution in [2.24, 2.45) is 0 Å². The molecule has 1 aromatic carbocycles. The van der Waals surface area contributed by atoms with E-state index in [4.69, 9.17) is 23.4 Å². The van der Waals surface area contributed by atoms with Crippen LogP contribution in [0.1, 0.15) is 61.0 Å². The van der Waals surface area contributed by atoms with Gasteiger partial charge in [-0.3, -0.25) is 0 Å². The van der Waals surface area contributed by atoms with Crippen molar-refractivity contribution in [2.75, 3.05) is 0 Å². The molecule has 1 aromatic rings. The number of hydrogen-bond donors (Lipinski definition) is 1. The predicted molar refractivity (Wildman–Crippen MR) is 134 cm³/mol. The molecule has 1 aliphatic carbocycles. The molecule has 3 rings (SSSR count). The zero-order valence-corrected chi connectivity index (χ0v) is 23.4. The van der Waals surface area contributed by atoms with Crippen LogP contribution < -0.4 is 5.32 Å². The van der Waals surface area contributed by atoms with E-state index in [1.165, 1.54) is 0 Å². The summed E-state index contributed by atoms with van der Waals surface area (Å²) in [5.41, 5.74) is 0.444. The molecule has 192 valence electrons. The van der Waals surface area contributed by atoms with Gasteiger partial charge in [-0.25, -0.2) is 4.79 Å². The van der Waals surface area contributed by atoms with Crippen LogP contribution in [0.15, 0.2) is 30.3 Å². The molecule has 0 aromatic heterocycles. The molecule has 2 fully saturated rings. The van der Waals surface area contributed by atoms with Crippen molar-refractivity contribution in [1.82, 2.24) is 5.32 Å². The third-order valence-electron chi connectivity index (χ3n) is 6.72. The fourth-order valence-corrected chi connectivity index (χ4v) is 5.46. The average Bonchev–Trinajstić information content (AvgIpc) is 3.10. The first-order chi connectivity index (χ1) is 15.5. The molecule has 2 aliphatic rings. The van der Waals surface area contributed by atoms with Crippen LogP contribution in [-0.4, -0.2) is 56.3 Å². The maximum atomic E-state index is 12.8. The number of nitrogens with one attached hydrogen (secondary N) is 1. The quantitative estimate of drug-likeness (QED) is 0.536. The number of alkyl carbamates (subject to hydrolysis) is 1. The molecule has 1 saturated carbocycles. The molecule has 0 spiro atoms. The molecule has 1 heterocycles. The molecule has 0 unspecified atom stereocenters. The number of carbonyl (C=O) groups is 1. The number of benzene rings is 1. The van der Waals surface area contributed by atoms with E-state index in [2.05, 4.69) is 39.2 Å². The Labute approximate surface area is 206 Å². The van der Waals surface area contributed by atoms with Crippen LogP contribution >= 0.6 is 0 Å². The molecule has 5 atom stereocenters. The Kier molecular flexibility index (Phi) is 7.62. The van der Waals surface area contributed by atoms with Crippen molar-refractivity contribution in [3.8, 4) is 0 Å². The molecule has 1 amide bonds. The van der Waals surface area contributed by atoms with Crippen molar-refractivity contribution in [3.63, 3.8) is 0 Å². The fourth-order valence-electron chi connectivity index (χ4n) is 4.15. The first-order valence-electron chi connectivity index (χ1n) is 12.2. The zero-order chi connectivity index (χ0) is 25.5. The van der Waals surface area contributed by atoms with Gasteiger partial charge in [0.25, 0.3) is 0 Å². The molecular formula is C26H43NO6Si. The van der Waals surface area contributed by atoms with E-state index in [0.29, 0.717) is 6.61 Å². The minimum Gasteiger partial charge on any atom is -0.444 e. The van der Waals surface area contributed by atoms with E-state index in [9.17, 15) is 4.79 Å². The average molecular weight is 494 g/mol. The first-order valence-corrected chi connectivity index (χ1v) is 15.1. The van der Waals surface area contributed by atoms with Gasteiger partial charge < -0.3 is 28.7 Å². The summed E-state index contributed by atoms with van der Waals surface area (Å²) in [6.45, 7) is 20.7. The number of rotatable bonds is 6. The summed E-state index contributed by atoms with van der Waals surface area (Å²) in [7, 11) is -2.23. The second kappa shape index (κ2) is 9.54. The van der Waals surface area contributed by atoms with Gasteiger partial charge in [0.1, 0.15) is 23.9 Å². The summed E-state index contributed by atoms with van der Waals surface area (Å²) in [4.78, 5) is 12.8. The van der Waals surface area contributed by atoms with E-state index < -0.39 is 50.2 Å². The summed E-state index contributed by atoms with van der Waals surface area (Å²) in [6, 6.07) is 9.55. The molecule has 1 aliphatic heterocycles. The van der Waals surface area contributed by atoms with Crippen molar-refractivity contribution < 1.29 is 28.2 Å². The molecule has 1 saturated heterocycles. The smallest absolute Gasteiger partial charge is 0.408 e. The normalized spacial score (nSPS) is 29.1. The lowest BCUT2D eigenvalue weighted by Crippen LogP contribution is -2.56. The second-order valence-electron chi connectivity index (χ2n) is 12.3. The Morgan fingerprint density at radius 2 is 1.59 bits per heavy atom. The lowest BCUT2D eigenvalue weighted by atomic mass is 10.1.